The van der Waals surface area contributed by atoms with E-state index in [1.807, 2.05) is 24.6 Å². The van der Waals surface area contributed by atoms with E-state index >= 15 is 0 Å². The van der Waals surface area contributed by atoms with Crippen LogP contribution in [0.25, 0.3) is 0 Å². The summed E-state index contributed by atoms with van der Waals surface area (Å²) in [6, 6.07) is 5.25. The molecule has 1 aromatic heterocycles. The Labute approximate surface area is 140 Å². The highest BCUT2D eigenvalue weighted by atomic mass is 35.5. The lowest BCUT2D eigenvalue weighted by Crippen LogP contribution is -2.16. The molecule has 0 radical (unpaired) electrons. The van der Waals surface area contributed by atoms with Gasteiger partial charge in [-0.25, -0.2) is 0 Å². The number of aromatic nitrogens is 2. The van der Waals surface area contributed by atoms with E-state index in [1.165, 1.54) is 0 Å². The lowest BCUT2D eigenvalue weighted by molar-refractivity contribution is 0.585. The molecule has 0 aliphatic carbocycles. The summed E-state index contributed by atoms with van der Waals surface area (Å²) in [6.45, 7) is 4.84. The molecular weight excluding hydrogens is 329 g/mol. The van der Waals surface area contributed by atoms with Crippen LogP contribution < -0.4 is 5.73 Å². The van der Waals surface area contributed by atoms with Crippen molar-refractivity contribution in [3.8, 4) is 0 Å². The molecule has 21 heavy (non-hydrogen) atoms. The normalized spacial score (nSPS) is 12.7. The van der Waals surface area contributed by atoms with Gasteiger partial charge in [0.05, 0.1) is 26.5 Å². The maximum atomic E-state index is 6.41. The third kappa shape index (κ3) is 3.54. The molecule has 0 saturated carbocycles. The molecule has 2 aromatic rings. The van der Waals surface area contributed by atoms with Crippen LogP contribution in [0.1, 0.15) is 36.8 Å². The maximum absolute atomic E-state index is 6.41. The van der Waals surface area contributed by atoms with E-state index in [9.17, 15) is 0 Å². The molecule has 3 nitrogen and oxygen atoms in total. The zero-order valence-corrected chi connectivity index (χ0v) is 14.3. The SMILES string of the molecule is CCc1nn(CC)c(CC(N)c2ccc(Cl)c(Cl)c2)c1Cl. The first-order valence-corrected chi connectivity index (χ1v) is 8.05. The van der Waals surface area contributed by atoms with Crippen molar-refractivity contribution in [2.45, 2.75) is 39.3 Å². The minimum Gasteiger partial charge on any atom is -0.324 e. The van der Waals surface area contributed by atoms with Crippen molar-refractivity contribution < 1.29 is 0 Å². The Morgan fingerprint density at radius 3 is 2.48 bits per heavy atom. The van der Waals surface area contributed by atoms with Crippen LogP contribution in [0.3, 0.4) is 0 Å². The van der Waals surface area contributed by atoms with Crippen molar-refractivity contribution in [2.75, 3.05) is 0 Å². The predicted octanol–water partition coefficient (Wildman–Crippen LogP) is 4.67. The van der Waals surface area contributed by atoms with Gasteiger partial charge in [0.1, 0.15) is 0 Å². The second-order valence-electron chi connectivity index (χ2n) is 4.86. The van der Waals surface area contributed by atoms with E-state index in [-0.39, 0.29) is 6.04 Å². The van der Waals surface area contributed by atoms with Crippen molar-refractivity contribution in [3.63, 3.8) is 0 Å². The van der Waals surface area contributed by atoms with Gasteiger partial charge in [-0.2, -0.15) is 5.10 Å². The van der Waals surface area contributed by atoms with Crippen LogP contribution in [0, 0.1) is 0 Å². The first kappa shape index (κ1) is 16.6. The summed E-state index contributed by atoms with van der Waals surface area (Å²) in [5, 5.41) is 6.26. The second kappa shape index (κ2) is 7.01. The number of benzene rings is 1. The third-order valence-electron chi connectivity index (χ3n) is 3.48. The van der Waals surface area contributed by atoms with Gasteiger partial charge in [-0.15, -0.1) is 0 Å². The number of rotatable bonds is 5. The van der Waals surface area contributed by atoms with Crippen LogP contribution in [0.4, 0.5) is 0 Å². The zero-order chi connectivity index (χ0) is 15.6. The molecule has 1 unspecified atom stereocenters. The fourth-order valence-corrected chi connectivity index (χ4v) is 2.93. The molecule has 2 N–H and O–H groups in total. The number of nitrogens with two attached hydrogens (primary N) is 1. The Hall–Kier alpha value is -0.740. The monoisotopic (exact) mass is 345 g/mol. The summed E-state index contributed by atoms with van der Waals surface area (Å²) in [6.07, 6.45) is 1.42. The fourth-order valence-electron chi connectivity index (χ4n) is 2.28. The van der Waals surface area contributed by atoms with E-state index < -0.39 is 0 Å². The Bertz CT molecular complexity index is 637. The quantitative estimate of drug-likeness (QED) is 0.855. The van der Waals surface area contributed by atoms with Crippen LogP contribution in [0.5, 0.6) is 0 Å². The number of nitrogens with zero attached hydrogens (tertiary/aromatic N) is 2. The number of aryl methyl sites for hydroxylation is 2. The molecule has 114 valence electrons. The highest BCUT2D eigenvalue weighted by molar-refractivity contribution is 6.42. The topological polar surface area (TPSA) is 43.8 Å². The summed E-state index contributed by atoms with van der Waals surface area (Å²) >= 11 is 18.4. The average Bonchev–Trinajstić information content (AvgIpc) is 2.78. The minimum absolute atomic E-state index is 0.205. The van der Waals surface area contributed by atoms with Gasteiger partial charge in [-0.05, 0) is 31.0 Å². The van der Waals surface area contributed by atoms with Crippen LogP contribution >= 0.6 is 34.8 Å². The van der Waals surface area contributed by atoms with Crippen molar-refractivity contribution in [2.24, 2.45) is 5.73 Å². The standard InChI is InChI=1S/C15H18Cl3N3/c1-3-13-15(18)14(21(4-2)20-13)8-12(19)9-5-6-10(16)11(17)7-9/h5-7,12H,3-4,8,19H2,1-2H3. The molecule has 0 saturated heterocycles. The Balaban J connectivity index is 2.28. The van der Waals surface area contributed by atoms with Crippen LogP contribution in [-0.2, 0) is 19.4 Å². The van der Waals surface area contributed by atoms with E-state index in [1.54, 1.807) is 12.1 Å². The first-order valence-electron chi connectivity index (χ1n) is 6.92. The van der Waals surface area contributed by atoms with Crippen molar-refractivity contribution in [1.82, 2.24) is 9.78 Å². The molecule has 1 aromatic carbocycles. The van der Waals surface area contributed by atoms with E-state index in [0.29, 0.717) is 16.5 Å². The van der Waals surface area contributed by atoms with E-state index in [2.05, 4.69) is 5.10 Å². The zero-order valence-electron chi connectivity index (χ0n) is 12.0. The molecule has 0 aliphatic rings. The van der Waals surface area contributed by atoms with Gasteiger partial charge in [0.2, 0.25) is 0 Å². The maximum Gasteiger partial charge on any atom is 0.0850 e. The third-order valence-corrected chi connectivity index (χ3v) is 4.65. The van der Waals surface area contributed by atoms with Gasteiger partial charge in [0.25, 0.3) is 0 Å². The molecule has 0 amide bonds. The lowest BCUT2D eigenvalue weighted by Gasteiger charge is -2.14. The van der Waals surface area contributed by atoms with E-state index in [4.69, 9.17) is 40.5 Å². The van der Waals surface area contributed by atoms with Gasteiger partial charge in [0.15, 0.2) is 0 Å². The smallest absolute Gasteiger partial charge is 0.0850 e. The highest BCUT2D eigenvalue weighted by Crippen LogP contribution is 2.29. The molecule has 1 heterocycles. The summed E-state index contributed by atoms with van der Waals surface area (Å²) in [7, 11) is 0. The van der Waals surface area contributed by atoms with Crippen LogP contribution in [0.2, 0.25) is 15.1 Å². The van der Waals surface area contributed by atoms with Crippen molar-refractivity contribution in [3.05, 3.63) is 50.2 Å². The van der Waals surface area contributed by atoms with Gasteiger partial charge in [0, 0.05) is 19.0 Å². The number of hydrogen-bond donors (Lipinski definition) is 1. The second-order valence-corrected chi connectivity index (χ2v) is 6.05. The van der Waals surface area contributed by atoms with Gasteiger partial charge < -0.3 is 5.73 Å². The van der Waals surface area contributed by atoms with Gasteiger partial charge >= 0.3 is 0 Å². The van der Waals surface area contributed by atoms with Gasteiger partial charge in [-0.1, -0.05) is 47.8 Å². The molecule has 6 heteroatoms. The summed E-state index contributed by atoms with van der Waals surface area (Å²) < 4.78 is 1.92. The van der Waals surface area contributed by atoms with Crippen molar-refractivity contribution in [1.29, 1.82) is 0 Å². The molecule has 0 fully saturated rings. The lowest BCUT2D eigenvalue weighted by atomic mass is 10.0. The Morgan fingerprint density at radius 1 is 1.19 bits per heavy atom. The average molecular weight is 347 g/mol. The number of hydrogen-bond acceptors (Lipinski definition) is 2. The molecular formula is C15H18Cl3N3. The molecule has 1 atom stereocenters. The van der Waals surface area contributed by atoms with Crippen LogP contribution in [0.15, 0.2) is 18.2 Å². The summed E-state index contributed by atoms with van der Waals surface area (Å²) in [4.78, 5) is 0. The largest absolute Gasteiger partial charge is 0.324 e. The fraction of sp³-hybridized carbons (Fsp3) is 0.400. The molecule has 2 rings (SSSR count). The number of halogens is 3. The Morgan fingerprint density at radius 2 is 1.90 bits per heavy atom. The summed E-state index contributed by atoms with van der Waals surface area (Å²) in [5.41, 5.74) is 9.10. The molecule has 0 spiro atoms. The summed E-state index contributed by atoms with van der Waals surface area (Å²) in [5.74, 6) is 0. The molecule has 0 aliphatic heterocycles. The van der Waals surface area contributed by atoms with E-state index in [0.717, 1.165) is 34.9 Å². The Kier molecular flexibility index (Phi) is 5.55. The minimum atomic E-state index is -0.205. The van der Waals surface area contributed by atoms with Crippen LogP contribution in [-0.4, -0.2) is 9.78 Å². The van der Waals surface area contributed by atoms with Gasteiger partial charge in [-0.3, -0.25) is 4.68 Å². The molecule has 0 bridgehead atoms. The van der Waals surface area contributed by atoms with Crippen molar-refractivity contribution >= 4 is 34.8 Å². The highest BCUT2D eigenvalue weighted by Gasteiger charge is 2.18. The predicted molar refractivity (Wildman–Crippen MR) is 89.4 cm³/mol. The first-order chi connectivity index (χ1) is 9.97.